The Bertz CT molecular complexity index is 297. The van der Waals surface area contributed by atoms with Crippen LogP contribution in [0.5, 0.6) is 0 Å². The SMILES string of the molecule is OC12CC3CC(C1)CC(SC(F)(F)F)(C3)C2. The number of hydrogen-bond acceptors (Lipinski definition) is 2. The Balaban J connectivity index is 1.86. The Kier molecular flexibility index (Phi) is 2.17. The predicted molar refractivity (Wildman–Crippen MR) is 56.0 cm³/mol. The zero-order valence-corrected chi connectivity index (χ0v) is 9.70. The molecule has 1 nitrogen and oxygen atoms in total. The van der Waals surface area contributed by atoms with Gasteiger partial charge in [-0.1, -0.05) is 0 Å². The lowest BCUT2D eigenvalue weighted by atomic mass is 9.54. The summed E-state index contributed by atoms with van der Waals surface area (Å²) < 4.78 is 37.0. The van der Waals surface area contributed by atoms with E-state index in [2.05, 4.69) is 0 Å². The summed E-state index contributed by atoms with van der Waals surface area (Å²) in [5, 5.41) is 10.3. The molecule has 4 aliphatic rings. The summed E-state index contributed by atoms with van der Waals surface area (Å²) in [7, 11) is 0. The molecule has 2 atom stereocenters. The maximum atomic E-state index is 12.6. The highest BCUT2D eigenvalue weighted by molar-refractivity contribution is 8.01. The molecule has 5 heteroatoms. The Labute approximate surface area is 96.8 Å². The topological polar surface area (TPSA) is 20.2 Å². The average Bonchev–Trinajstić information content (AvgIpc) is 1.91. The highest BCUT2D eigenvalue weighted by Crippen LogP contribution is 2.64. The van der Waals surface area contributed by atoms with E-state index in [1.165, 1.54) is 0 Å². The largest absolute Gasteiger partial charge is 0.442 e. The van der Waals surface area contributed by atoms with Crippen LogP contribution in [0.1, 0.15) is 38.5 Å². The van der Waals surface area contributed by atoms with Crippen LogP contribution in [0.3, 0.4) is 0 Å². The van der Waals surface area contributed by atoms with Crippen molar-refractivity contribution in [3.8, 4) is 0 Å². The summed E-state index contributed by atoms with van der Waals surface area (Å²) in [5.41, 5.74) is -4.95. The number of halogens is 3. The second kappa shape index (κ2) is 3.10. The molecular formula is C11H15F3OS. The summed E-state index contributed by atoms with van der Waals surface area (Å²) in [4.78, 5) is 0. The standard InChI is InChI=1S/C11H15F3OS/c12-11(13,14)16-10-4-7-1-8(5-10)3-9(15,2-7)6-10/h7-8,15H,1-6H2. The minimum atomic E-state index is -4.16. The van der Waals surface area contributed by atoms with Gasteiger partial charge in [-0.25, -0.2) is 0 Å². The Hall–Kier alpha value is 0.100. The maximum absolute atomic E-state index is 12.6. The van der Waals surface area contributed by atoms with E-state index >= 15 is 0 Å². The third kappa shape index (κ3) is 1.86. The van der Waals surface area contributed by atoms with Crippen molar-refractivity contribution in [2.75, 3.05) is 0 Å². The zero-order valence-electron chi connectivity index (χ0n) is 8.89. The average molecular weight is 252 g/mol. The van der Waals surface area contributed by atoms with Gasteiger partial charge < -0.3 is 5.11 Å². The van der Waals surface area contributed by atoms with E-state index in [0.29, 0.717) is 31.1 Å². The van der Waals surface area contributed by atoms with Crippen LogP contribution in [0.25, 0.3) is 0 Å². The van der Waals surface area contributed by atoms with Crippen molar-refractivity contribution in [2.45, 2.75) is 54.4 Å². The molecule has 2 unspecified atom stereocenters. The molecule has 1 N–H and O–H groups in total. The van der Waals surface area contributed by atoms with Gasteiger partial charge in [0.25, 0.3) is 0 Å². The van der Waals surface area contributed by atoms with Crippen molar-refractivity contribution in [1.82, 2.24) is 0 Å². The number of aliphatic hydroxyl groups is 1. The lowest BCUT2D eigenvalue weighted by molar-refractivity contribution is -0.116. The molecule has 16 heavy (non-hydrogen) atoms. The highest BCUT2D eigenvalue weighted by atomic mass is 32.2. The fourth-order valence-electron chi connectivity index (χ4n) is 4.50. The fourth-order valence-corrected chi connectivity index (χ4v) is 5.97. The van der Waals surface area contributed by atoms with Crippen LogP contribution in [-0.4, -0.2) is 21.0 Å². The van der Waals surface area contributed by atoms with Gasteiger partial charge in [0.05, 0.1) is 5.60 Å². The van der Waals surface area contributed by atoms with Crippen molar-refractivity contribution in [3.05, 3.63) is 0 Å². The molecule has 0 radical (unpaired) electrons. The van der Waals surface area contributed by atoms with E-state index < -0.39 is 15.9 Å². The Morgan fingerprint density at radius 1 is 1.06 bits per heavy atom. The molecule has 4 rings (SSSR count). The van der Waals surface area contributed by atoms with Crippen molar-refractivity contribution in [1.29, 1.82) is 0 Å². The van der Waals surface area contributed by atoms with Crippen molar-refractivity contribution >= 4 is 11.8 Å². The van der Waals surface area contributed by atoms with Crippen LogP contribution in [0.15, 0.2) is 0 Å². The first kappa shape index (κ1) is 11.2. The summed E-state index contributed by atoms with van der Waals surface area (Å²) in [5.74, 6) is 0.641. The molecular weight excluding hydrogens is 237 g/mol. The predicted octanol–water partition coefficient (Wildman–Crippen LogP) is 3.32. The molecule has 0 spiro atoms. The number of rotatable bonds is 1. The minimum absolute atomic E-state index is 0.153. The van der Waals surface area contributed by atoms with E-state index in [9.17, 15) is 18.3 Å². The van der Waals surface area contributed by atoms with Gasteiger partial charge in [-0.2, -0.15) is 13.2 Å². The monoisotopic (exact) mass is 252 g/mol. The molecule has 0 aromatic heterocycles. The summed E-state index contributed by atoms with van der Waals surface area (Å²) in [6, 6.07) is 0. The van der Waals surface area contributed by atoms with Gasteiger partial charge in [-0.05, 0) is 62.1 Å². The smallest absolute Gasteiger partial charge is 0.390 e. The Morgan fingerprint density at radius 2 is 1.62 bits per heavy atom. The Morgan fingerprint density at radius 3 is 2.06 bits per heavy atom. The van der Waals surface area contributed by atoms with Gasteiger partial charge in [-0.15, -0.1) is 0 Å². The fraction of sp³-hybridized carbons (Fsp3) is 1.00. The highest BCUT2D eigenvalue weighted by Gasteiger charge is 2.60. The van der Waals surface area contributed by atoms with Crippen LogP contribution < -0.4 is 0 Å². The molecule has 0 aliphatic heterocycles. The first-order chi connectivity index (χ1) is 7.28. The van der Waals surface area contributed by atoms with Gasteiger partial charge >= 0.3 is 5.51 Å². The van der Waals surface area contributed by atoms with E-state index in [1.54, 1.807) is 0 Å². The quantitative estimate of drug-likeness (QED) is 0.772. The normalized spacial score (nSPS) is 51.0. The lowest BCUT2D eigenvalue weighted by Gasteiger charge is -2.59. The summed E-state index contributed by atoms with van der Waals surface area (Å²) in [6.45, 7) is 0. The van der Waals surface area contributed by atoms with Crippen LogP contribution in [0, 0.1) is 11.8 Å². The van der Waals surface area contributed by atoms with E-state index in [1.807, 2.05) is 0 Å². The zero-order chi connectivity index (χ0) is 11.6. The molecule has 0 saturated heterocycles. The molecule has 4 fully saturated rings. The van der Waals surface area contributed by atoms with Gasteiger partial charge in [0.15, 0.2) is 0 Å². The van der Waals surface area contributed by atoms with Crippen molar-refractivity contribution in [3.63, 3.8) is 0 Å². The van der Waals surface area contributed by atoms with Gasteiger partial charge in [-0.3, -0.25) is 0 Å². The first-order valence-electron chi connectivity index (χ1n) is 5.77. The second-order valence-electron chi connectivity index (χ2n) is 5.92. The number of thioether (sulfide) groups is 1. The second-order valence-corrected chi connectivity index (χ2v) is 7.45. The van der Waals surface area contributed by atoms with E-state index in [-0.39, 0.29) is 11.8 Å². The van der Waals surface area contributed by atoms with E-state index in [4.69, 9.17) is 0 Å². The molecule has 4 saturated carbocycles. The molecule has 0 aromatic carbocycles. The molecule has 4 bridgehead atoms. The maximum Gasteiger partial charge on any atom is 0.442 e. The van der Waals surface area contributed by atoms with Crippen molar-refractivity contribution in [2.24, 2.45) is 11.8 Å². The van der Waals surface area contributed by atoms with Gasteiger partial charge in [0.2, 0.25) is 0 Å². The third-order valence-corrected chi connectivity index (χ3v) is 5.45. The van der Waals surface area contributed by atoms with Crippen LogP contribution in [0.4, 0.5) is 13.2 Å². The molecule has 0 amide bonds. The van der Waals surface area contributed by atoms with Crippen LogP contribution in [-0.2, 0) is 0 Å². The third-order valence-electron chi connectivity index (χ3n) is 4.31. The molecule has 92 valence electrons. The van der Waals surface area contributed by atoms with Crippen molar-refractivity contribution < 1.29 is 18.3 Å². The van der Waals surface area contributed by atoms with Crippen LogP contribution in [0.2, 0.25) is 0 Å². The van der Waals surface area contributed by atoms with Crippen LogP contribution >= 0.6 is 11.8 Å². The molecule has 4 aliphatic carbocycles. The van der Waals surface area contributed by atoms with E-state index in [0.717, 1.165) is 19.3 Å². The molecule has 0 aromatic rings. The minimum Gasteiger partial charge on any atom is -0.390 e. The number of hydrogen-bond donors (Lipinski definition) is 1. The van der Waals surface area contributed by atoms with Gasteiger partial charge in [0.1, 0.15) is 0 Å². The number of alkyl halides is 3. The first-order valence-corrected chi connectivity index (χ1v) is 6.59. The summed E-state index contributed by atoms with van der Waals surface area (Å²) in [6.07, 6.45) is 4.12. The summed E-state index contributed by atoms with van der Waals surface area (Å²) >= 11 is 0.153. The lowest BCUT2D eigenvalue weighted by Crippen LogP contribution is -2.58. The molecule has 0 heterocycles. The van der Waals surface area contributed by atoms with Gasteiger partial charge in [0, 0.05) is 4.75 Å².